The average Bonchev–Trinajstić information content (AvgIpc) is 1.63. The van der Waals surface area contributed by atoms with Crippen LogP contribution in [-0.4, -0.2) is 18.6 Å². The summed E-state index contributed by atoms with van der Waals surface area (Å²) in [6.45, 7) is 6.46. The molecule has 2 heteroatoms. The maximum Gasteiger partial charge on any atom is 0.0370 e. The molecule has 0 aliphatic carbocycles. The Bertz CT molecular complexity index is 114. The zero-order valence-electron chi connectivity index (χ0n) is 6.09. The summed E-state index contributed by atoms with van der Waals surface area (Å²) in [5.74, 6) is 5.36. The molecule has 0 unspecified atom stereocenters. The van der Waals surface area contributed by atoms with Crippen LogP contribution < -0.4 is 5.84 Å². The molecule has 0 saturated heterocycles. The maximum absolute atomic E-state index is 5.36. The molecule has 0 aliphatic rings. The topological polar surface area (TPSA) is 29.3 Å². The minimum absolute atomic E-state index is 0.727. The molecule has 0 aliphatic heterocycles. The molecule has 9 heavy (non-hydrogen) atoms. The molecule has 0 amide bonds. The van der Waals surface area contributed by atoms with Crippen molar-refractivity contribution in [1.29, 1.82) is 0 Å². The minimum Gasteiger partial charge on any atom is -0.269 e. The molecule has 2 N–H and O–H groups in total. The highest BCUT2D eigenvalue weighted by Gasteiger charge is 1.89. The third-order valence-electron chi connectivity index (χ3n) is 0.855. The van der Waals surface area contributed by atoms with E-state index in [2.05, 4.69) is 6.58 Å². The van der Waals surface area contributed by atoms with Gasteiger partial charge in [0.1, 0.15) is 0 Å². The van der Waals surface area contributed by atoms with E-state index in [0.717, 1.165) is 12.1 Å². The third kappa shape index (κ3) is 5.27. The zero-order chi connectivity index (χ0) is 7.28. The van der Waals surface area contributed by atoms with Gasteiger partial charge in [-0.25, -0.2) is 5.01 Å². The Morgan fingerprint density at radius 3 is 2.67 bits per heavy atom. The predicted octanol–water partition coefficient (Wildman–Crippen LogP) is 0.924. The minimum atomic E-state index is 0.727. The van der Waals surface area contributed by atoms with E-state index in [1.165, 1.54) is 0 Å². The van der Waals surface area contributed by atoms with Crippen molar-refractivity contribution in [1.82, 2.24) is 5.01 Å². The van der Waals surface area contributed by atoms with Gasteiger partial charge in [-0.3, -0.25) is 5.84 Å². The van der Waals surface area contributed by atoms with Crippen molar-refractivity contribution < 1.29 is 0 Å². The number of hydrogen-bond acceptors (Lipinski definition) is 2. The Balaban J connectivity index is 3.51. The van der Waals surface area contributed by atoms with Crippen LogP contribution in [0.25, 0.3) is 0 Å². The Morgan fingerprint density at radius 1 is 1.78 bits per heavy atom. The van der Waals surface area contributed by atoms with Gasteiger partial charge in [-0.2, -0.15) is 0 Å². The maximum atomic E-state index is 5.36. The lowest BCUT2D eigenvalue weighted by Gasteiger charge is -2.07. The highest BCUT2D eigenvalue weighted by Crippen LogP contribution is 1.91. The van der Waals surface area contributed by atoms with Gasteiger partial charge in [-0.05, 0) is 12.5 Å². The highest BCUT2D eigenvalue weighted by atomic mass is 15.4. The summed E-state index contributed by atoms with van der Waals surface area (Å²) in [6, 6.07) is 0. The molecule has 2 nitrogen and oxygen atoms in total. The first-order valence-electron chi connectivity index (χ1n) is 2.93. The van der Waals surface area contributed by atoms with Crippen molar-refractivity contribution >= 4 is 0 Å². The van der Waals surface area contributed by atoms with Crippen LogP contribution in [0.3, 0.4) is 0 Å². The van der Waals surface area contributed by atoms with Gasteiger partial charge >= 0.3 is 0 Å². The van der Waals surface area contributed by atoms with Crippen LogP contribution in [0.15, 0.2) is 24.3 Å². The van der Waals surface area contributed by atoms with Gasteiger partial charge in [0.05, 0.1) is 0 Å². The molecular weight excluding hydrogens is 112 g/mol. The standard InChI is InChI=1S/C7H14N2/c1-4-5-7(2)6-9(3)8/h4-5H,2,6,8H2,1,3H3/b5-4-. The Kier molecular flexibility index (Phi) is 4.01. The molecule has 0 aromatic carbocycles. The number of likely N-dealkylation sites (N-methyl/N-ethyl adjacent to an activating group) is 1. The SMILES string of the molecule is C=C(/C=C\C)CN(C)N. The van der Waals surface area contributed by atoms with E-state index in [-0.39, 0.29) is 0 Å². The molecule has 52 valence electrons. The summed E-state index contributed by atoms with van der Waals surface area (Å²) in [6.07, 6.45) is 3.90. The fourth-order valence-electron chi connectivity index (χ4n) is 0.609. The Labute approximate surface area is 56.6 Å². The molecule has 0 aromatic rings. The van der Waals surface area contributed by atoms with E-state index in [9.17, 15) is 0 Å². The molecule has 0 rings (SSSR count). The van der Waals surface area contributed by atoms with Gasteiger partial charge in [0.15, 0.2) is 0 Å². The van der Waals surface area contributed by atoms with Crippen molar-refractivity contribution in [2.75, 3.05) is 13.6 Å². The van der Waals surface area contributed by atoms with E-state index in [1.807, 2.05) is 26.1 Å². The average molecular weight is 126 g/mol. The van der Waals surface area contributed by atoms with Gasteiger partial charge < -0.3 is 0 Å². The number of hydrogen-bond donors (Lipinski definition) is 1. The fraction of sp³-hybridized carbons (Fsp3) is 0.429. The van der Waals surface area contributed by atoms with E-state index in [4.69, 9.17) is 5.84 Å². The summed E-state index contributed by atoms with van der Waals surface area (Å²) in [7, 11) is 1.81. The van der Waals surface area contributed by atoms with Crippen LogP contribution in [0.2, 0.25) is 0 Å². The third-order valence-corrected chi connectivity index (χ3v) is 0.855. The number of nitrogens with zero attached hydrogens (tertiary/aromatic N) is 1. The number of allylic oxidation sites excluding steroid dienone is 1. The van der Waals surface area contributed by atoms with Gasteiger partial charge in [0.2, 0.25) is 0 Å². The monoisotopic (exact) mass is 126 g/mol. The van der Waals surface area contributed by atoms with E-state index < -0.39 is 0 Å². The number of nitrogens with two attached hydrogens (primary N) is 1. The van der Waals surface area contributed by atoms with Crippen LogP contribution in [0.5, 0.6) is 0 Å². The first-order chi connectivity index (χ1) is 4.16. The summed E-state index contributed by atoms with van der Waals surface area (Å²) >= 11 is 0. The fourth-order valence-corrected chi connectivity index (χ4v) is 0.609. The zero-order valence-corrected chi connectivity index (χ0v) is 6.09. The molecular formula is C7H14N2. The lowest BCUT2D eigenvalue weighted by Crippen LogP contribution is -2.27. The van der Waals surface area contributed by atoms with Crippen LogP contribution >= 0.6 is 0 Å². The van der Waals surface area contributed by atoms with Crippen LogP contribution in [0.1, 0.15) is 6.92 Å². The molecule has 0 radical (unpaired) electrons. The molecule has 0 atom stereocenters. The lowest BCUT2D eigenvalue weighted by molar-refractivity contribution is 0.383. The quantitative estimate of drug-likeness (QED) is 0.346. The second-order valence-corrected chi connectivity index (χ2v) is 2.07. The summed E-state index contributed by atoms with van der Waals surface area (Å²) < 4.78 is 0. The second kappa shape index (κ2) is 4.30. The van der Waals surface area contributed by atoms with Crippen LogP contribution in [0, 0.1) is 0 Å². The summed E-state index contributed by atoms with van der Waals surface area (Å²) in [5, 5.41) is 1.60. The lowest BCUT2D eigenvalue weighted by atomic mass is 10.3. The summed E-state index contributed by atoms with van der Waals surface area (Å²) in [4.78, 5) is 0. The van der Waals surface area contributed by atoms with Crippen molar-refractivity contribution in [2.45, 2.75) is 6.92 Å². The Morgan fingerprint density at radius 2 is 2.33 bits per heavy atom. The van der Waals surface area contributed by atoms with Gasteiger partial charge in [-0.1, -0.05) is 18.7 Å². The normalized spacial score (nSPS) is 11.1. The van der Waals surface area contributed by atoms with Crippen molar-refractivity contribution in [3.8, 4) is 0 Å². The van der Waals surface area contributed by atoms with E-state index >= 15 is 0 Å². The highest BCUT2D eigenvalue weighted by molar-refractivity contribution is 5.14. The first-order valence-corrected chi connectivity index (χ1v) is 2.93. The van der Waals surface area contributed by atoms with Gasteiger partial charge in [0, 0.05) is 13.6 Å². The van der Waals surface area contributed by atoms with Crippen LogP contribution in [-0.2, 0) is 0 Å². The van der Waals surface area contributed by atoms with E-state index in [0.29, 0.717) is 0 Å². The molecule has 0 spiro atoms. The Hall–Kier alpha value is -0.600. The largest absolute Gasteiger partial charge is 0.269 e. The number of rotatable bonds is 3. The summed E-state index contributed by atoms with van der Waals surface area (Å²) in [5.41, 5.74) is 1.03. The first kappa shape index (κ1) is 8.40. The molecule has 0 aromatic heterocycles. The molecule has 0 bridgehead atoms. The van der Waals surface area contributed by atoms with Crippen molar-refractivity contribution in [3.63, 3.8) is 0 Å². The van der Waals surface area contributed by atoms with Crippen molar-refractivity contribution in [3.05, 3.63) is 24.3 Å². The molecule has 0 saturated carbocycles. The molecule has 0 heterocycles. The van der Waals surface area contributed by atoms with E-state index in [1.54, 1.807) is 5.01 Å². The van der Waals surface area contributed by atoms with Gasteiger partial charge in [0.25, 0.3) is 0 Å². The second-order valence-electron chi connectivity index (χ2n) is 2.07. The van der Waals surface area contributed by atoms with Gasteiger partial charge in [-0.15, -0.1) is 0 Å². The van der Waals surface area contributed by atoms with Crippen LogP contribution in [0.4, 0.5) is 0 Å². The van der Waals surface area contributed by atoms with Crippen molar-refractivity contribution in [2.24, 2.45) is 5.84 Å². The smallest absolute Gasteiger partial charge is 0.0370 e. The number of hydrazine groups is 1. The molecule has 0 fully saturated rings. The predicted molar refractivity (Wildman–Crippen MR) is 40.8 cm³/mol.